The number of carbonyl (C=O) groups excluding carboxylic acids is 2. The molecule has 0 radical (unpaired) electrons. The minimum atomic E-state index is -0.394. The summed E-state index contributed by atoms with van der Waals surface area (Å²) in [6, 6.07) is 26.5. The van der Waals surface area contributed by atoms with Crippen molar-refractivity contribution in [1.29, 1.82) is 0 Å². The zero-order chi connectivity index (χ0) is 21.2. The second-order valence-electron chi connectivity index (χ2n) is 6.83. The van der Waals surface area contributed by atoms with Crippen molar-refractivity contribution in [1.82, 2.24) is 5.32 Å². The first-order valence-corrected chi connectivity index (χ1v) is 9.83. The number of aryl methyl sites for hydroxylation is 1. The maximum Gasteiger partial charge on any atom is 0.306 e. The molecule has 0 spiro atoms. The number of methoxy groups -OCH3 is 1. The van der Waals surface area contributed by atoms with E-state index in [-0.39, 0.29) is 25.0 Å². The quantitative estimate of drug-likeness (QED) is 0.547. The van der Waals surface area contributed by atoms with Crippen LogP contribution in [0.4, 0.5) is 0 Å². The third-order valence-corrected chi connectivity index (χ3v) is 4.71. The van der Waals surface area contributed by atoms with Crippen LogP contribution in [0, 0.1) is 0 Å². The van der Waals surface area contributed by atoms with Crippen LogP contribution in [-0.4, -0.2) is 25.6 Å². The van der Waals surface area contributed by atoms with Crippen LogP contribution in [0.15, 0.2) is 84.9 Å². The van der Waals surface area contributed by atoms with Gasteiger partial charge in [-0.1, -0.05) is 72.8 Å². The average Bonchev–Trinajstić information content (AvgIpc) is 2.81. The molecular formula is C25H25NO4. The standard InChI is InChI=1S/C25H25NO4/c1-29-22-15-13-21(14-16-22)25(20-10-6-3-7-11-20)26-23(27)18-30-24(28)17-12-19-8-4-2-5-9-19/h2-11,13-16,25H,12,17-18H2,1H3,(H,26,27)/t25-/m1/s1. The van der Waals surface area contributed by atoms with Gasteiger partial charge in [0, 0.05) is 6.42 Å². The van der Waals surface area contributed by atoms with Crippen molar-refractivity contribution in [3.05, 3.63) is 102 Å². The molecule has 0 fully saturated rings. The zero-order valence-corrected chi connectivity index (χ0v) is 16.9. The first kappa shape index (κ1) is 21.1. The maximum atomic E-state index is 12.5. The van der Waals surface area contributed by atoms with E-state index in [1.54, 1.807) is 7.11 Å². The van der Waals surface area contributed by atoms with E-state index in [0.29, 0.717) is 6.42 Å². The fraction of sp³-hybridized carbons (Fsp3) is 0.200. The minimum absolute atomic E-state index is 0.234. The molecule has 3 rings (SSSR count). The summed E-state index contributed by atoms with van der Waals surface area (Å²) in [6.07, 6.45) is 0.817. The Morgan fingerprint density at radius 3 is 2.07 bits per heavy atom. The van der Waals surface area contributed by atoms with Gasteiger partial charge in [-0.2, -0.15) is 0 Å². The topological polar surface area (TPSA) is 64.6 Å². The second-order valence-corrected chi connectivity index (χ2v) is 6.83. The molecule has 0 aliphatic carbocycles. The molecule has 5 heteroatoms. The van der Waals surface area contributed by atoms with Gasteiger partial charge in [-0.05, 0) is 35.2 Å². The van der Waals surface area contributed by atoms with E-state index in [4.69, 9.17) is 9.47 Å². The van der Waals surface area contributed by atoms with Crippen LogP contribution in [-0.2, 0) is 20.7 Å². The summed E-state index contributed by atoms with van der Waals surface area (Å²) in [6.45, 7) is -0.312. The van der Waals surface area contributed by atoms with Crippen molar-refractivity contribution >= 4 is 11.9 Å². The number of amides is 1. The summed E-state index contributed by atoms with van der Waals surface area (Å²) in [7, 11) is 1.61. The van der Waals surface area contributed by atoms with Crippen molar-refractivity contribution in [2.24, 2.45) is 0 Å². The summed E-state index contributed by atoms with van der Waals surface area (Å²) < 4.78 is 10.4. The Bertz CT molecular complexity index is 940. The fourth-order valence-electron chi connectivity index (χ4n) is 3.11. The molecule has 0 aliphatic heterocycles. The Morgan fingerprint density at radius 2 is 1.43 bits per heavy atom. The van der Waals surface area contributed by atoms with E-state index < -0.39 is 5.97 Å². The van der Waals surface area contributed by atoms with Gasteiger partial charge in [0.15, 0.2) is 6.61 Å². The summed E-state index contributed by atoms with van der Waals surface area (Å²) in [4.78, 5) is 24.5. The number of rotatable bonds is 9. The van der Waals surface area contributed by atoms with Gasteiger partial charge in [0.05, 0.1) is 13.2 Å². The van der Waals surface area contributed by atoms with E-state index in [2.05, 4.69) is 5.32 Å². The van der Waals surface area contributed by atoms with Gasteiger partial charge >= 0.3 is 5.97 Å². The lowest BCUT2D eigenvalue weighted by Crippen LogP contribution is -2.33. The molecule has 5 nitrogen and oxygen atoms in total. The van der Waals surface area contributed by atoms with Gasteiger partial charge in [-0.25, -0.2) is 0 Å². The number of nitrogens with one attached hydrogen (secondary N) is 1. The fourth-order valence-corrected chi connectivity index (χ4v) is 3.11. The van der Waals surface area contributed by atoms with Crippen molar-refractivity contribution in [3.63, 3.8) is 0 Å². The zero-order valence-electron chi connectivity index (χ0n) is 16.9. The van der Waals surface area contributed by atoms with Crippen LogP contribution >= 0.6 is 0 Å². The van der Waals surface area contributed by atoms with Crippen LogP contribution in [0.2, 0.25) is 0 Å². The molecule has 0 saturated carbocycles. The Morgan fingerprint density at radius 1 is 0.833 bits per heavy atom. The molecule has 0 saturated heterocycles. The van der Waals surface area contributed by atoms with Crippen LogP contribution in [0.1, 0.15) is 29.2 Å². The van der Waals surface area contributed by atoms with Crippen LogP contribution < -0.4 is 10.1 Å². The van der Waals surface area contributed by atoms with Gasteiger partial charge in [0.1, 0.15) is 5.75 Å². The third-order valence-electron chi connectivity index (χ3n) is 4.71. The molecule has 154 valence electrons. The molecule has 0 aliphatic rings. The SMILES string of the molecule is COc1ccc([C@H](NC(=O)COC(=O)CCc2ccccc2)c2ccccc2)cc1. The lowest BCUT2D eigenvalue weighted by molar-refractivity contribution is -0.148. The largest absolute Gasteiger partial charge is 0.497 e. The maximum absolute atomic E-state index is 12.5. The van der Waals surface area contributed by atoms with Gasteiger partial charge in [0.25, 0.3) is 5.91 Å². The number of esters is 1. The van der Waals surface area contributed by atoms with E-state index in [1.165, 1.54) is 0 Å². The van der Waals surface area contributed by atoms with Crippen molar-refractivity contribution in [2.45, 2.75) is 18.9 Å². The Labute approximate surface area is 176 Å². The van der Waals surface area contributed by atoms with Gasteiger partial charge in [0.2, 0.25) is 0 Å². The predicted molar refractivity (Wildman–Crippen MR) is 115 cm³/mol. The number of hydrogen-bond acceptors (Lipinski definition) is 4. The normalized spacial score (nSPS) is 11.4. The summed E-state index contributed by atoms with van der Waals surface area (Å²) in [5, 5.41) is 2.96. The predicted octanol–water partition coefficient (Wildman–Crippen LogP) is 4.08. The number of ether oxygens (including phenoxy) is 2. The van der Waals surface area contributed by atoms with E-state index in [1.807, 2.05) is 84.9 Å². The monoisotopic (exact) mass is 403 g/mol. The molecule has 1 amide bonds. The first-order chi connectivity index (χ1) is 14.7. The van der Waals surface area contributed by atoms with Crippen LogP contribution in [0.3, 0.4) is 0 Å². The van der Waals surface area contributed by atoms with Crippen molar-refractivity contribution < 1.29 is 19.1 Å². The average molecular weight is 403 g/mol. The molecule has 0 aromatic heterocycles. The smallest absolute Gasteiger partial charge is 0.306 e. The molecule has 0 bridgehead atoms. The van der Waals surface area contributed by atoms with Gasteiger partial charge in [-0.15, -0.1) is 0 Å². The summed E-state index contributed by atoms with van der Waals surface area (Å²) in [5.41, 5.74) is 2.90. The van der Waals surface area contributed by atoms with Gasteiger partial charge < -0.3 is 14.8 Å². The Kier molecular flexibility index (Phi) is 7.61. The molecule has 3 aromatic rings. The molecule has 0 unspecified atom stereocenters. The number of benzene rings is 3. The number of carbonyl (C=O) groups is 2. The van der Waals surface area contributed by atoms with Crippen LogP contribution in [0.5, 0.6) is 5.75 Å². The molecular weight excluding hydrogens is 378 g/mol. The minimum Gasteiger partial charge on any atom is -0.497 e. The second kappa shape index (κ2) is 10.8. The molecule has 1 N–H and O–H groups in total. The summed E-state index contributed by atoms with van der Waals surface area (Å²) in [5.74, 6) is -0.00771. The Balaban J connectivity index is 1.58. The molecule has 3 aromatic carbocycles. The highest BCUT2D eigenvalue weighted by atomic mass is 16.5. The number of hydrogen-bond donors (Lipinski definition) is 1. The Hall–Kier alpha value is -3.60. The first-order valence-electron chi connectivity index (χ1n) is 9.83. The highest BCUT2D eigenvalue weighted by Crippen LogP contribution is 2.24. The third kappa shape index (κ3) is 6.21. The van der Waals surface area contributed by atoms with Gasteiger partial charge in [-0.3, -0.25) is 9.59 Å². The highest BCUT2D eigenvalue weighted by Gasteiger charge is 2.18. The molecule has 0 heterocycles. The van der Waals surface area contributed by atoms with E-state index in [9.17, 15) is 9.59 Å². The van der Waals surface area contributed by atoms with E-state index in [0.717, 1.165) is 22.4 Å². The molecule has 1 atom stereocenters. The lowest BCUT2D eigenvalue weighted by Gasteiger charge is -2.20. The van der Waals surface area contributed by atoms with Crippen molar-refractivity contribution in [3.8, 4) is 5.75 Å². The highest BCUT2D eigenvalue weighted by molar-refractivity contribution is 5.81. The molecule has 30 heavy (non-hydrogen) atoms. The van der Waals surface area contributed by atoms with Crippen LogP contribution in [0.25, 0.3) is 0 Å². The van der Waals surface area contributed by atoms with E-state index >= 15 is 0 Å². The summed E-state index contributed by atoms with van der Waals surface area (Å²) >= 11 is 0. The lowest BCUT2D eigenvalue weighted by atomic mass is 9.98. The van der Waals surface area contributed by atoms with Crippen molar-refractivity contribution in [2.75, 3.05) is 13.7 Å².